The Balaban J connectivity index is 0.000000980. The minimum Gasteiger partial charge on any atom is -0.385 e. The molecule has 5 heteroatoms. The predicted molar refractivity (Wildman–Crippen MR) is 57.2 cm³/mol. The Morgan fingerprint density at radius 3 is 2.93 bits per heavy atom. The number of halogens is 1. The number of anilines is 1. The third-order valence-electron chi connectivity index (χ3n) is 2.27. The van der Waals surface area contributed by atoms with Crippen LogP contribution in [0.15, 0.2) is 18.2 Å². The van der Waals surface area contributed by atoms with Crippen molar-refractivity contribution in [2.75, 3.05) is 11.9 Å². The Bertz CT molecular complexity index is 355. The second-order valence-electron chi connectivity index (χ2n) is 3.09. The third kappa shape index (κ3) is 1.80. The maximum atomic E-state index is 10.7. The van der Waals surface area contributed by atoms with Crippen molar-refractivity contribution in [2.45, 2.75) is 12.8 Å². The van der Waals surface area contributed by atoms with E-state index in [-0.39, 0.29) is 23.0 Å². The SMILES string of the molecule is Cl.O=[N+]([O-])c1cccc2c1CCCN2. The predicted octanol–water partition coefficient (Wildman–Crippen LogP) is 2.37. The molecule has 14 heavy (non-hydrogen) atoms. The quantitative estimate of drug-likeness (QED) is 0.577. The van der Waals surface area contributed by atoms with E-state index >= 15 is 0 Å². The van der Waals surface area contributed by atoms with Gasteiger partial charge in [-0.05, 0) is 18.9 Å². The maximum absolute atomic E-state index is 10.7. The molecule has 1 aromatic carbocycles. The van der Waals surface area contributed by atoms with E-state index in [0.29, 0.717) is 0 Å². The molecule has 76 valence electrons. The average Bonchev–Trinajstić information content (AvgIpc) is 2.17. The van der Waals surface area contributed by atoms with Crippen LogP contribution in [0.1, 0.15) is 12.0 Å². The Morgan fingerprint density at radius 2 is 2.21 bits per heavy atom. The lowest BCUT2D eigenvalue weighted by atomic mass is 10.0. The number of hydrogen-bond donors (Lipinski definition) is 1. The normalized spacial score (nSPS) is 13.4. The minimum atomic E-state index is -0.314. The highest BCUT2D eigenvalue weighted by Crippen LogP contribution is 2.29. The van der Waals surface area contributed by atoms with Crippen LogP contribution in [0.5, 0.6) is 0 Å². The summed E-state index contributed by atoms with van der Waals surface area (Å²) in [5.41, 5.74) is 2.00. The second kappa shape index (κ2) is 4.28. The Labute approximate surface area is 87.9 Å². The van der Waals surface area contributed by atoms with E-state index in [4.69, 9.17) is 0 Å². The largest absolute Gasteiger partial charge is 0.385 e. The Hall–Kier alpha value is -1.29. The van der Waals surface area contributed by atoms with Gasteiger partial charge in [-0.25, -0.2) is 0 Å². The molecule has 0 unspecified atom stereocenters. The van der Waals surface area contributed by atoms with Crippen LogP contribution in [0.4, 0.5) is 11.4 Å². The van der Waals surface area contributed by atoms with Crippen LogP contribution in [0.2, 0.25) is 0 Å². The number of hydrogen-bond acceptors (Lipinski definition) is 3. The first kappa shape index (κ1) is 10.8. The molecule has 0 aromatic heterocycles. The second-order valence-corrected chi connectivity index (χ2v) is 3.09. The summed E-state index contributed by atoms with van der Waals surface area (Å²) in [7, 11) is 0. The smallest absolute Gasteiger partial charge is 0.274 e. The highest BCUT2D eigenvalue weighted by molar-refractivity contribution is 5.85. The van der Waals surface area contributed by atoms with Gasteiger partial charge in [0.2, 0.25) is 0 Å². The lowest BCUT2D eigenvalue weighted by molar-refractivity contribution is -0.385. The van der Waals surface area contributed by atoms with E-state index < -0.39 is 0 Å². The summed E-state index contributed by atoms with van der Waals surface area (Å²) in [6.45, 7) is 0.911. The van der Waals surface area contributed by atoms with Crippen LogP contribution in [-0.4, -0.2) is 11.5 Å². The van der Waals surface area contributed by atoms with Crippen LogP contribution in [0.3, 0.4) is 0 Å². The number of nitro groups is 1. The summed E-state index contributed by atoms with van der Waals surface area (Å²) in [5.74, 6) is 0. The molecule has 0 bridgehead atoms. The molecule has 1 aromatic rings. The molecule has 0 atom stereocenters. The fourth-order valence-electron chi connectivity index (χ4n) is 1.66. The molecule has 0 saturated carbocycles. The summed E-state index contributed by atoms with van der Waals surface area (Å²) < 4.78 is 0. The van der Waals surface area contributed by atoms with Gasteiger partial charge < -0.3 is 5.32 Å². The van der Waals surface area contributed by atoms with Crippen molar-refractivity contribution in [1.29, 1.82) is 0 Å². The number of nitrogens with one attached hydrogen (secondary N) is 1. The van der Waals surface area contributed by atoms with E-state index in [0.717, 1.165) is 30.6 Å². The highest BCUT2D eigenvalue weighted by atomic mass is 35.5. The summed E-state index contributed by atoms with van der Waals surface area (Å²) in [6.07, 6.45) is 1.78. The van der Waals surface area contributed by atoms with Gasteiger partial charge in [-0.2, -0.15) is 0 Å². The molecule has 1 N–H and O–H groups in total. The minimum absolute atomic E-state index is 0. The van der Waals surface area contributed by atoms with Crippen molar-refractivity contribution >= 4 is 23.8 Å². The van der Waals surface area contributed by atoms with Crippen molar-refractivity contribution in [3.8, 4) is 0 Å². The number of benzene rings is 1. The van der Waals surface area contributed by atoms with Crippen LogP contribution >= 0.6 is 12.4 Å². The van der Waals surface area contributed by atoms with Crippen LogP contribution in [0, 0.1) is 10.1 Å². The van der Waals surface area contributed by atoms with Crippen molar-refractivity contribution < 1.29 is 4.92 Å². The molecule has 0 saturated heterocycles. The molecular formula is C9H11ClN2O2. The van der Waals surface area contributed by atoms with E-state index in [1.165, 1.54) is 0 Å². The molecule has 0 aliphatic carbocycles. The van der Waals surface area contributed by atoms with Crippen molar-refractivity contribution in [1.82, 2.24) is 0 Å². The molecule has 1 heterocycles. The molecule has 0 radical (unpaired) electrons. The monoisotopic (exact) mass is 214 g/mol. The molecule has 4 nitrogen and oxygen atoms in total. The average molecular weight is 215 g/mol. The van der Waals surface area contributed by atoms with Crippen molar-refractivity contribution in [3.05, 3.63) is 33.9 Å². The molecule has 1 aliphatic rings. The highest BCUT2D eigenvalue weighted by Gasteiger charge is 2.18. The van der Waals surface area contributed by atoms with E-state index in [1.54, 1.807) is 12.1 Å². The van der Waals surface area contributed by atoms with Crippen LogP contribution in [-0.2, 0) is 6.42 Å². The van der Waals surface area contributed by atoms with Gasteiger partial charge >= 0.3 is 0 Å². The fourth-order valence-corrected chi connectivity index (χ4v) is 1.66. The summed E-state index contributed by atoms with van der Waals surface area (Å²) in [4.78, 5) is 10.3. The lowest BCUT2D eigenvalue weighted by Gasteiger charge is -2.16. The Morgan fingerprint density at radius 1 is 1.43 bits per heavy atom. The standard InChI is InChI=1S/C9H10N2O2.ClH/c12-11(13)9-5-1-4-8-7(9)3-2-6-10-8;/h1,4-5,10H,2-3,6H2;1H. The zero-order valence-corrected chi connectivity index (χ0v) is 8.34. The van der Waals surface area contributed by atoms with Gasteiger partial charge in [-0.15, -0.1) is 12.4 Å². The number of rotatable bonds is 1. The molecule has 0 amide bonds. The van der Waals surface area contributed by atoms with Crippen molar-refractivity contribution in [3.63, 3.8) is 0 Å². The summed E-state index contributed by atoms with van der Waals surface area (Å²) in [5, 5.41) is 13.8. The van der Waals surface area contributed by atoms with Gasteiger partial charge in [0.1, 0.15) is 0 Å². The number of nitrogens with zero attached hydrogens (tertiary/aromatic N) is 1. The van der Waals surface area contributed by atoms with Gasteiger partial charge in [0.25, 0.3) is 5.69 Å². The van der Waals surface area contributed by atoms with Crippen LogP contribution in [0.25, 0.3) is 0 Å². The molecular weight excluding hydrogens is 204 g/mol. The van der Waals surface area contributed by atoms with Gasteiger partial charge in [-0.3, -0.25) is 10.1 Å². The first-order valence-corrected chi connectivity index (χ1v) is 4.29. The van der Waals surface area contributed by atoms with E-state index in [9.17, 15) is 10.1 Å². The topological polar surface area (TPSA) is 55.2 Å². The Kier molecular flexibility index (Phi) is 3.30. The lowest BCUT2D eigenvalue weighted by Crippen LogP contribution is -2.12. The zero-order valence-electron chi connectivity index (χ0n) is 7.53. The van der Waals surface area contributed by atoms with E-state index in [2.05, 4.69) is 5.32 Å². The molecule has 0 fully saturated rings. The van der Waals surface area contributed by atoms with Gasteiger partial charge in [0, 0.05) is 18.3 Å². The first-order valence-electron chi connectivity index (χ1n) is 4.29. The van der Waals surface area contributed by atoms with Gasteiger partial charge in [-0.1, -0.05) is 6.07 Å². The maximum Gasteiger partial charge on any atom is 0.274 e. The van der Waals surface area contributed by atoms with Gasteiger partial charge in [0.15, 0.2) is 0 Å². The summed E-state index contributed by atoms with van der Waals surface area (Å²) in [6, 6.07) is 5.17. The van der Waals surface area contributed by atoms with E-state index in [1.807, 2.05) is 6.07 Å². The fraction of sp³-hybridized carbons (Fsp3) is 0.333. The van der Waals surface area contributed by atoms with Crippen molar-refractivity contribution in [2.24, 2.45) is 0 Å². The van der Waals surface area contributed by atoms with Crippen LogP contribution < -0.4 is 5.32 Å². The first-order chi connectivity index (χ1) is 6.29. The summed E-state index contributed by atoms with van der Waals surface area (Å²) >= 11 is 0. The number of nitro benzene ring substituents is 1. The molecule has 2 rings (SSSR count). The number of fused-ring (bicyclic) bond motifs is 1. The van der Waals surface area contributed by atoms with Gasteiger partial charge in [0.05, 0.1) is 10.5 Å². The molecule has 0 spiro atoms. The zero-order chi connectivity index (χ0) is 9.26. The molecule has 1 aliphatic heterocycles. The third-order valence-corrected chi connectivity index (χ3v) is 2.27.